The van der Waals surface area contributed by atoms with Crippen LogP contribution >= 0.6 is 0 Å². The van der Waals surface area contributed by atoms with Gasteiger partial charge in [0.25, 0.3) is 0 Å². The molecule has 0 bridgehead atoms. The van der Waals surface area contributed by atoms with Crippen molar-refractivity contribution < 1.29 is 19.4 Å². The fourth-order valence-corrected chi connectivity index (χ4v) is 2.66. The zero-order chi connectivity index (χ0) is 10.9. The number of carbonyl (C=O) groups is 2. The minimum Gasteiger partial charge on any atom is -0.481 e. The Morgan fingerprint density at radius 2 is 2.07 bits per heavy atom. The molecule has 1 unspecified atom stereocenters. The second-order valence-corrected chi connectivity index (χ2v) is 4.50. The average molecular weight is 212 g/mol. The number of carbonyl (C=O) groups excluding carboxylic acids is 1. The van der Waals surface area contributed by atoms with Gasteiger partial charge in [-0.1, -0.05) is 0 Å². The van der Waals surface area contributed by atoms with Crippen LogP contribution in [0.25, 0.3) is 0 Å². The van der Waals surface area contributed by atoms with Gasteiger partial charge in [-0.15, -0.1) is 0 Å². The number of Topliss-reactive ketones (excluding diaryl/α,β-unsaturated/α-hetero) is 1. The molecule has 2 rings (SSSR count). The Labute approximate surface area is 88.6 Å². The van der Waals surface area contributed by atoms with E-state index in [1.807, 2.05) is 0 Å². The second kappa shape index (κ2) is 3.93. The van der Waals surface area contributed by atoms with E-state index in [1.54, 1.807) is 0 Å². The Hall–Kier alpha value is -0.900. The molecule has 1 N–H and O–H groups in total. The highest BCUT2D eigenvalue weighted by Gasteiger charge is 2.49. The highest BCUT2D eigenvalue weighted by Crippen LogP contribution is 2.43. The predicted octanol–water partition coefficient (Wildman–Crippen LogP) is 1.38. The summed E-state index contributed by atoms with van der Waals surface area (Å²) >= 11 is 0. The summed E-state index contributed by atoms with van der Waals surface area (Å²) < 4.78 is 5.50. The summed E-state index contributed by atoms with van der Waals surface area (Å²) in [4.78, 5) is 22.5. The number of hydrogen-bond donors (Lipinski definition) is 1. The quantitative estimate of drug-likeness (QED) is 0.751. The maximum atomic E-state index is 11.4. The standard InChI is InChI=1S/C11H16O4/c12-8-3-5-11(6-4-8,10(13)14)9-2-1-7-15-9/h9H,1-7H2,(H,13,14). The van der Waals surface area contributed by atoms with Crippen molar-refractivity contribution >= 4 is 11.8 Å². The summed E-state index contributed by atoms with van der Waals surface area (Å²) in [6, 6.07) is 0. The number of ketones is 1. The summed E-state index contributed by atoms with van der Waals surface area (Å²) in [6.45, 7) is 0.660. The van der Waals surface area contributed by atoms with Gasteiger partial charge >= 0.3 is 5.97 Å². The van der Waals surface area contributed by atoms with Crippen molar-refractivity contribution in [2.45, 2.75) is 44.6 Å². The van der Waals surface area contributed by atoms with Gasteiger partial charge < -0.3 is 9.84 Å². The number of ether oxygens (including phenoxy) is 1. The molecule has 1 aliphatic carbocycles. The van der Waals surface area contributed by atoms with Crippen LogP contribution in [0, 0.1) is 5.41 Å². The van der Waals surface area contributed by atoms with Gasteiger partial charge in [-0.25, -0.2) is 0 Å². The molecule has 1 saturated carbocycles. The van der Waals surface area contributed by atoms with E-state index in [1.165, 1.54) is 0 Å². The van der Waals surface area contributed by atoms with Crippen LogP contribution in [-0.4, -0.2) is 29.6 Å². The van der Waals surface area contributed by atoms with Crippen molar-refractivity contribution in [3.8, 4) is 0 Å². The van der Waals surface area contributed by atoms with E-state index in [2.05, 4.69) is 0 Å². The normalized spacial score (nSPS) is 30.4. The third-order valence-electron chi connectivity index (χ3n) is 3.67. The van der Waals surface area contributed by atoms with Gasteiger partial charge in [0.15, 0.2) is 0 Å². The van der Waals surface area contributed by atoms with Crippen LogP contribution in [0.2, 0.25) is 0 Å². The Morgan fingerprint density at radius 1 is 1.40 bits per heavy atom. The van der Waals surface area contributed by atoms with Crippen molar-refractivity contribution in [1.82, 2.24) is 0 Å². The van der Waals surface area contributed by atoms with E-state index in [0.29, 0.717) is 32.3 Å². The highest BCUT2D eigenvalue weighted by molar-refractivity contribution is 5.84. The van der Waals surface area contributed by atoms with E-state index in [9.17, 15) is 14.7 Å². The first-order chi connectivity index (χ1) is 7.15. The fraction of sp³-hybridized carbons (Fsp3) is 0.818. The number of hydrogen-bond acceptors (Lipinski definition) is 3. The Kier molecular flexibility index (Phi) is 2.78. The Bertz CT molecular complexity index is 268. The molecule has 1 atom stereocenters. The molecule has 0 amide bonds. The summed E-state index contributed by atoms with van der Waals surface area (Å²) in [5.74, 6) is -0.605. The SMILES string of the molecule is O=C1CCC(C(=O)O)(C2CCCO2)CC1. The van der Waals surface area contributed by atoms with Crippen molar-refractivity contribution in [1.29, 1.82) is 0 Å². The average Bonchev–Trinajstić information content (AvgIpc) is 2.72. The summed E-state index contributed by atoms with van der Waals surface area (Å²) in [5.41, 5.74) is -0.787. The zero-order valence-corrected chi connectivity index (χ0v) is 8.70. The number of carboxylic acid groups (broad SMARTS) is 1. The predicted molar refractivity (Wildman–Crippen MR) is 52.5 cm³/mol. The van der Waals surface area contributed by atoms with Crippen LogP contribution in [0.15, 0.2) is 0 Å². The third-order valence-corrected chi connectivity index (χ3v) is 3.67. The molecule has 1 aliphatic heterocycles. The molecule has 0 aromatic rings. The van der Waals surface area contributed by atoms with Gasteiger partial charge in [0.1, 0.15) is 5.78 Å². The number of aliphatic carboxylic acids is 1. The topological polar surface area (TPSA) is 63.6 Å². The Balaban J connectivity index is 2.16. The molecule has 0 aromatic heterocycles. The summed E-state index contributed by atoms with van der Waals surface area (Å²) in [6.07, 6.45) is 3.27. The van der Waals surface area contributed by atoms with Gasteiger partial charge in [0.05, 0.1) is 11.5 Å². The molecule has 0 spiro atoms. The van der Waals surface area contributed by atoms with Crippen molar-refractivity contribution in [3.63, 3.8) is 0 Å². The molecular weight excluding hydrogens is 196 g/mol. The number of rotatable bonds is 2. The van der Waals surface area contributed by atoms with E-state index in [-0.39, 0.29) is 11.9 Å². The highest BCUT2D eigenvalue weighted by atomic mass is 16.5. The second-order valence-electron chi connectivity index (χ2n) is 4.50. The Morgan fingerprint density at radius 3 is 2.53 bits per heavy atom. The van der Waals surface area contributed by atoms with Crippen molar-refractivity contribution in [2.24, 2.45) is 5.41 Å². The molecule has 4 heteroatoms. The minimum absolute atomic E-state index is 0.178. The molecule has 4 nitrogen and oxygen atoms in total. The largest absolute Gasteiger partial charge is 0.481 e. The smallest absolute Gasteiger partial charge is 0.312 e. The summed E-state index contributed by atoms with van der Waals surface area (Å²) in [5, 5.41) is 9.34. The van der Waals surface area contributed by atoms with E-state index in [4.69, 9.17) is 4.74 Å². The van der Waals surface area contributed by atoms with Crippen LogP contribution < -0.4 is 0 Å². The first kappa shape index (κ1) is 10.6. The summed E-state index contributed by atoms with van der Waals surface area (Å²) in [7, 11) is 0. The van der Waals surface area contributed by atoms with Gasteiger partial charge in [-0.2, -0.15) is 0 Å². The van der Waals surface area contributed by atoms with E-state index < -0.39 is 11.4 Å². The molecular formula is C11H16O4. The van der Waals surface area contributed by atoms with Crippen molar-refractivity contribution in [3.05, 3.63) is 0 Å². The maximum Gasteiger partial charge on any atom is 0.312 e. The lowest BCUT2D eigenvalue weighted by molar-refractivity contribution is -0.161. The fourth-order valence-electron chi connectivity index (χ4n) is 2.66. The lowest BCUT2D eigenvalue weighted by Crippen LogP contribution is -2.45. The molecule has 1 heterocycles. The molecule has 1 saturated heterocycles. The van der Waals surface area contributed by atoms with Crippen molar-refractivity contribution in [2.75, 3.05) is 6.61 Å². The van der Waals surface area contributed by atoms with Crippen LogP contribution in [0.3, 0.4) is 0 Å². The monoisotopic (exact) mass is 212 g/mol. The van der Waals surface area contributed by atoms with Crippen LogP contribution in [0.5, 0.6) is 0 Å². The minimum atomic E-state index is -0.790. The lowest BCUT2D eigenvalue weighted by Gasteiger charge is -2.36. The molecule has 15 heavy (non-hydrogen) atoms. The van der Waals surface area contributed by atoms with Gasteiger partial charge in [-0.05, 0) is 25.7 Å². The third kappa shape index (κ3) is 1.78. The van der Waals surface area contributed by atoms with Crippen LogP contribution in [0.1, 0.15) is 38.5 Å². The lowest BCUT2D eigenvalue weighted by atomic mass is 9.69. The van der Waals surface area contributed by atoms with Gasteiger partial charge in [0.2, 0.25) is 0 Å². The van der Waals surface area contributed by atoms with E-state index in [0.717, 1.165) is 12.8 Å². The van der Waals surface area contributed by atoms with Crippen LogP contribution in [-0.2, 0) is 14.3 Å². The molecule has 0 aromatic carbocycles. The van der Waals surface area contributed by atoms with Gasteiger partial charge in [0, 0.05) is 19.4 Å². The number of carboxylic acids is 1. The zero-order valence-electron chi connectivity index (χ0n) is 8.70. The van der Waals surface area contributed by atoms with E-state index >= 15 is 0 Å². The maximum absolute atomic E-state index is 11.4. The molecule has 2 aliphatic rings. The molecule has 84 valence electrons. The van der Waals surface area contributed by atoms with Gasteiger partial charge in [-0.3, -0.25) is 9.59 Å². The molecule has 0 radical (unpaired) electrons. The van der Waals surface area contributed by atoms with Crippen LogP contribution in [0.4, 0.5) is 0 Å². The molecule has 2 fully saturated rings. The first-order valence-corrected chi connectivity index (χ1v) is 5.52. The first-order valence-electron chi connectivity index (χ1n) is 5.52.